The molecule has 0 saturated heterocycles. The summed E-state index contributed by atoms with van der Waals surface area (Å²) in [5, 5.41) is 3.16. The Labute approximate surface area is 198 Å². The van der Waals surface area contributed by atoms with Gasteiger partial charge in [-0.15, -0.1) is 0 Å². The van der Waals surface area contributed by atoms with Crippen LogP contribution in [-0.4, -0.2) is 39.5 Å². The van der Waals surface area contributed by atoms with Crippen molar-refractivity contribution in [3.05, 3.63) is 58.6 Å². The molecule has 1 atom stereocenters. The number of carbonyl (C=O) groups excluding carboxylic acids is 2. The zero-order valence-electron chi connectivity index (χ0n) is 18.6. The largest absolute Gasteiger partial charge is 0.495 e. The minimum atomic E-state index is -3.87. The molecular formula is C23H27ClN2O6S. The lowest BCUT2D eigenvalue weighted by Crippen LogP contribution is -2.32. The van der Waals surface area contributed by atoms with Crippen LogP contribution in [0.1, 0.15) is 55.1 Å². The summed E-state index contributed by atoms with van der Waals surface area (Å²) in [4.78, 5) is 25.3. The van der Waals surface area contributed by atoms with Crippen LogP contribution < -0.4 is 14.8 Å². The first-order valence-electron chi connectivity index (χ1n) is 10.6. The predicted molar refractivity (Wildman–Crippen MR) is 124 cm³/mol. The van der Waals surface area contributed by atoms with E-state index in [1.54, 1.807) is 38.1 Å². The molecule has 178 valence electrons. The Bertz CT molecular complexity index is 1130. The molecule has 0 unspecified atom stereocenters. The van der Waals surface area contributed by atoms with Crippen LogP contribution in [0.15, 0.2) is 47.4 Å². The minimum Gasteiger partial charge on any atom is -0.495 e. The molecule has 10 heteroatoms. The van der Waals surface area contributed by atoms with Crippen LogP contribution >= 0.6 is 11.6 Å². The molecule has 1 aliphatic rings. The van der Waals surface area contributed by atoms with E-state index in [0.717, 1.165) is 12.8 Å². The van der Waals surface area contributed by atoms with E-state index in [-0.39, 0.29) is 34.8 Å². The van der Waals surface area contributed by atoms with Gasteiger partial charge >= 0.3 is 5.97 Å². The molecular weight excluding hydrogens is 468 g/mol. The van der Waals surface area contributed by atoms with Gasteiger partial charge < -0.3 is 14.8 Å². The van der Waals surface area contributed by atoms with Crippen molar-refractivity contribution < 1.29 is 27.5 Å². The van der Waals surface area contributed by atoms with Crippen LogP contribution in [0.4, 0.5) is 0 Å². The van der Waals surface area contributed by atoms with Gasteiger partial charge in [0.2, 0.25) is 10.0 Å². The fourth-order valence-electron chi connectivity index (χ4n) is 3.23. The van der Waals surface area contributed by atoms with Crippen molar-refractivity contribution in [1.82, 2.24) is 10.0 Å². The summed E-state index contributed by atoms with van der Waals surface area (Å²) >= 11 is 6.31. The molecule has 33 heavy (non-hydrogen) atoms. The van der Waals surface area contributed by atoms with E-state index in [9.17, 15) is 18.0 Å². The molecule has 0 aromatic heterocycles. The fourth-order valence-corrected chi connectivity index (χ4v) is 5.00. The van der Waals surface area contributed by atoms with Gasteiger partial charge in [0, 0.05) is 16.6 Å². The summed E-state index contributed by atoms with van der Waals surface area (Å²) < 4.78 is 38.6. The van der Waals surface area contributed by atoms with Gasteiger partial charge in [-0.3, -0.25) is 9.59 Å². The Kier molecular flexibility index (Phi) is 7.99. The summed E-state index contributed by atoms with van der Waals surface area (Å²) in [6.45, 7) is 3.46. The summed E-state index contributed by atoms with van der Waals surface area (Å²) in [6, 6.07) is 10.1. The standard InChI is InChI=1S/C23H27ClN2O6S/c1-14(2)32-22(27)13-19(17-6-4-5-7-18(17)24)25-23(28)15-8-11-20(31-3)21(12-15)33(29,30)26-16-9-10-16/h4-8,11-12,14,16,19,26H,9-10,13H2,1-3H3,(H,25,28)/t19-/m1/s1. The third kappa shape index (κ3) is 6.69. The van der Waals surface area contributed by atoms with Gasteiger partial charge in [0.05, 0.1) is 25.7 Å². The van der Waals surface area contributed by atoms with E-state index in [0.29, 0.717) is 10.6 Å². The number of rotatable bonds is 10. The van der Waals surface area contributed by atoms with Gasteiger partial charge in [-0.05, 0) is 56.5 Å². The van der Waals surface area contributed by atoms with Crippen LogP contribution in [0.25, 0.3) is 0 Å². The quantitative estimate of drug-likeness (QED) is 0.488. The highest BCUT2D eigenvalue weighted by Crippen LogP contribution is 2.30. The normalized spacial score (nSPS) is 14.6. The Morgan fingerprint density at radius 2 is 1.85 bits per heavy atom. The molecule has 2 N–H and O–H groups in total. The molecule has 1 aliphatic carbocycles. The van der Waals surface area contributed by atoms with Gasteiger partial charge in [0.1, 0.15) is 10.6 Å². The maximum absolute atomic E-state index is 13.1. The Morgan fingerprint density at radius 3 is 2.45 bits per heavy atom. The SMILES string of the molecule is COc1ccc(C(=O)N[C@H](CC(=O)OC(C)C)c2ccccc2Cl)cc1S(=O)(=O)NC1CC1. The van der Waals surface area contributed by atoms with Crippen molar-refractivity contribution in [2.75, 3.05) is 7.11 Å². The van der Waals surface area contributed by atoms with Crippen molar-refractivity contribution in [3.63, 3.8) is 0 Å². The number of carbonyl (C=O) groups is 2. The first-order valence-corrected chi connectivity index (χ1v) is 12.4. The number of ether oxygens (including phenoxy) is 2. The van der Waals surface area contributed by atoms with E-state index in [1.165, 1.54) is 25.3 Å². The first-order chi connectivity index (χ1) is 15.6. The number of methoxy groups -OCH3 is 1. The molecule has 8 nitrogen and oxygen atoms in total. The summed E-state index contributed by atoms with van der Waals surface area (Å²) in [7, 11) is -2.51. The van der Waals surface area contributed by atoms with E-state index < -0.39 is 27.9 Å². The van der Waals surface area contributed by atoms with Crippen molar-refractivity contribution >= 4 is 33.5 Å². The van der Waals surface area contributed by atoms with E-state index in [4.69, 9.17) is 21.1 Å². The lowest BCUT2D eigenvalue weighted by molar-refractivity contribution is -0.147. The molecule has 3 rings (SSSR count). The second-order valence-corrected chi connectivity index (χ2v) is 10.1. The zero-order chi connectivity index (χ0) is 24.2. The average molecular weight is 495 g/mol. The number of halogens is 1. The van der Waals surface area contributed by atoms with Crippen LogP contribution in [-0.2, 0) is 19.6 Å². The molecule has 0 spiro atoms. The summed E-state index contributed by atoms with van der Waals surface area (Å²) in [5.74, 6) is -0.937. The predicted octanol–water partition coefficient (Wildman–Crippen LogP) is 3.60. The van der Waals surface area contributed by atoms with Gasteiger partial charge in [-0.2, -0.15) is 0 Å². The number of sulfonamides is 1. The second-order valence-electron chi connectivity index (χ2n) is 8.05. The number of esters is 1. The molecule has 1 fully saturated rings. The maximum Gasteiger partial charge on any atom is 0.308 e. The van der Waals surface area contributed by atoms with Crippen molar-refractivity contribution in [3.8, 4) is 5.75 Å². The highest BCUT2D eigenvalue weighted by atomic mass is 35.5. The molecule has 0 aliphatic heterocycles. The molecule has 0 radical (unpaired) electrons. The fraction of sp³-hybridized carbons (Fsp3) is 0.391. The Morgan fingerprint density at radius 1 is 1.15 bits per heavy atom. The minimum absolute atomic E-state index is 0.0984. The van der Waals surface area contributed by atoms with Crippen molar-refractivity contribution in [1.29, 1.82) is 0 Å². The van der Waals surface area contributed by atoms with Crippen LogP contribution in [0.5, 0.6) is 5.75 Å². The second kappa shape index (κ2) is 10.5. The maximum atomic E-state index is 13.1. The smallest absolute Gasteiger partial charge is 0.308 e. The van der Waals surface area contributed by atoms with Gasteiger partial charge in [0.15, 0.2) is 0 Å². The highest BCUT2D eigenvalue weighted by Gasteiger charge is 2.31. The number of amides is 1. The lowest BCUT2D eigenvalue weighted by Gasteiger charge is -2.21. The number of hydrogen-bond acceptors (Lipinski definition) is 6. The molecule has 0 heterocycles. The van der Waals surface area contributed by atoms with Gasteiger partial charge in [-0.25, -0.2) is 13.1 Å². The third-order valence-electron chi connectivity index (χ3n) is 4.94. The van der Waals surface area contributed by atoms with Crippen molar-refractivity contribution in [2.45, 2.75) is 56.2 Å². The molecule has 0 bridgehead atoms. The molecule has 2 aromatic rings. The van der Waals surface area contributed by atoms with Crippen molar-refractivity contribution in [2.24, 2.45) is 0 Å². The first kappa shape index (κ1) is 25.0. The molecule has 1 saturated carbocycles. The van der Waals surface area contributed by atoms with E-state index >= 15 is 0 Å². The topological polar surface area (TPSA) is 111 Å². The van der Waals surface area contributed by atoms with Crippen LogP contribution in [0.3, 0.4) is 0 Å². The van der Waals surface area contributed by atoms with Crippen LogP contribution in [0.2, 0.25) is 5.02 Å². The number of nitrogens with one attached hydrogen (secondary N) is 2. The zero-order valence-corrected chi connectivity index (χ0v) is 20.2. The number of hydrogen-bond donors (Lipinski definition) is 2. The third-order valence-corrected chi connectivity index (χ3v) is 6.82. The number of benzene rings is 2. The van der Waals surface area contributed by atoms with Gasteiger partial charge in [-0.1, -0.05) is 29.8 Å². The van der Waals surface area contributed by atoms with Gasteiger partial charge in [0.25, 0.3) is 5.91 Å². The monoisotopic (exact) mass is 494 g/mol. The average Bonchev–Trinajstić information content (AvgIpc) is 3.55. The lowest BCUT2D eigenvalue weighted by atomic mass is 10.0. The Balaban J connectivity index is 1.89. The Hall–Kier alpha value is -2.62. The van der Waals surface area contributed by atoms with E-state index in [2.05, 4.69) is 10.0 Å². The summed E-state index contributed by atoms with van der Waals surface area (Å²) in [6.07, 6.45) is 1.09. The molecule has 2 aromatic carbocycles. The highest BCUT2D eigenvalue weighted by molar-refractivity contribution is 7.89. The summed E-state index contributed by atoms with van der Waals surface area (Å²) in [5.41, 5.74) is 0.645. The van der Waals surface area contributed by atoms with E-state index in [1.807, 2.05) is 0 Å². The molecule has 1 amide bonds. The van der Waals surface area contributed by atoms with Crippen LogP contribution in [0, 0.1) is 0 Å².